The van der Waals surface area contributed by atoms with Gasteiger partial charge >= 0.3 is 0 Å². The van der Waals surface area contributed by atoms with Gasteiger partial charge in [0.1, 0.15) is 22.1 Å². The van der Waals surface area contributed by atoms with Gasteiger partial charge in [0.25, 0.3) is 10.1 Å². The number of hydrogen-bond donors (Lipinski definition) is 2. The summed E-state index contributed by atoms with van der Waals surface area (Å²) in [5, 5.41) is 15.9. The third-order valence-electron chi connectivity index (χ3n) is 2.11. The topological polar surface area (TPSA) is 144 Å². The fourth-order valence-electron chi connectivity index (χ4n) is 1.44. The second-order valence-corrected chi connectivity index (χ2v) is 6.13. The van der Waals surface area contributed by atoms with Crippen LogP contribution < -0.4 is 9.88 Å². The van der Waals surface area contributed by atoms with Crippen molar-refractivity contribution >= 4 is 20.1 Å². The quantitative estimate of drug-likeness (QED) is 0.718. The number of primary sulfonamides is 1. The van der Waals surface area contributed by atoms with E-state index in [1.54, 1.807) is 0 Å². The summed E-state index contributed by atoms with van der Waals surface area (Å²) in [5.41, 5.74) is -0.653. The molecule has 0 amide bonds. The van der Waals surface area contributed by atoms with Gasteiger partial charge in [-0.2, -0.15) is 8.42 Å². The first-order valence-electron chi connectivity index (χ1n) is 4.41. The third kappa shape index (κ3) is 2.79. The molecule has 0 saturated carbocycles. The van der Waals surface area contributed by atoms with Gasteiger partial charge in [0.2, 0.25) is 10.0 Å². The monoisotopic (exact) mass is 296 g/mol. The molecule has 8 nitrogen and oxygen atoms in total. The van der Waals surface area contributed by atoms with Crippen LogP contribution in [0.3, 0.4) is 0 Å². The van der Waals surface area contributed by atoms with E-state index in [-0.39, 0.29) is 5.75 Å². The molecule has 101 valence electrons. The van der Waals surface area contributed by atoms with Gasteiger partial charge < -0.3 is 4.74 Å². The summed E-state index contributed by atoms with van der Waals surface area (Å²) < 4.78 is 58.4. The van der Waals surface area contributed by atoms with Crippen LogP contribution in [0.15, 0.2) is 21.9 Å². The number of benzene rings is 1. The summed E-state index contributed by atoms with van der Waals surface area (Å²) in [6, 6.07) is 1.86. The lowest BCUT2D eigenvalue weighted by molar-refractivity contribution is 0.171. The number of sulfonamides is 1. The van der Waals surface area contributed by atoms with Gasteiger partial charge in [-0.3, -0.25) is 4.55 Å². The molecule has 0 saturated heterocycles. The number of methoxy groups -OCH3 is 1. The minimum atomic E-state index is -4.73. The van der Waals surface area contributed by atoms with Crippen molar-refractivity contribution in [2.24, 2.45) is 5.14 Å². The minimum absolute atomic E-state index is 0.268. The lowest BCUT2D eigenvalue weighted by Crippen LogP contribution is -2.18. The largest absolute Gasteiger partial charge is 0.495 e. The molecule has 0 aliphatic carbocycles. The average Bonchev–Trinajstić information content (AvgIpc) is 2.24. The van der Waals surface area contributed by atoms with Gasteiger partial charge in [-0.15, -0.1) is 0 Å². The van der Waals surface area contributed by atoms with Crippen LogP contribution >= 0.6 is 0 Å². The van der Waals surface area contributed by atoms with E-state index in [0.717, 1.165) is 19.2 Å². The third-order valence-corrected chi connectivity index (χ3v) is 4.06. The second kappa shape index (κ2) is 4.82. The second-order valence-electron chi connectivity index (χ2n) is 3.24. The predicted molar refractivity (Wildman–Crippen MR) is 58.6 cm³/mol. The van der Waals surface area contributed by atoms with E-state index in [2.05, 4.69) is 0 Å². The van der Waals surface area contributed by atoms with Crippen LogP contribution in [0.4, 0.5) is 0 Å². The Morgan fingerprint density at radius 3 is 2.17 bits per heavy atom. The lowest BCUT2D eigenvalue weighted by atomic mass is 10.2. The molecule has 1 rings (SSSR count). The molecule has 18 heavy (non-hydrogen) atoms. The summed E-state index contributed by atoms with van der Waals surface area (Å²) >= 11 is 0. The van der Waals surface area contributed by atoms with Gasteiger partial charge in [-0.05, 0) is 12.1 Å². The van der Waals surface area contributed by atoms with Crippen molar-refractivity contribution in [3.63, 3.8) is 0 Å². The van der Waals surface area contributed by atoms with Crippen LogP contribution in [0.25, 0.3) is 0 Å². The molecule has 3 N–H and O–H groups in total. The molecule has 1 radical (unpaired) electrons. The Bertz CT molecular complexity index is 663. The zero-order valence-electron chi connectivity index (χ0n) is 9.15. The molecule has 0 atom stereocenters. The first-order valence-corrected chi connectivity index (χ1v) is 7.39. The molecule has 0 aromatic heterocycles. The highest BCUT2D eigenvalue weighted by atomic mass is 32.2. The average molecular weight is 296 g/mol. The van der Waals surface area contributed by atoms with Crippen molar-refractivity contribution in [2.45, 2.75) is 16.4 Å². The molecule has 0 spiro atoms. The number of ether oxygens (including phenoxy) is 1. The Hall–Kier alpha value is -1.20. The highest BCUT2D eigenvalue weighted by Crippen LogP contribution is 2.31. The highest BCUT2D eigenvalue weighted by Gasteiger charge is 2.27. The van der Waals surface area contributed by atoms with Gasteiger partial charge in [-0.25, -0.2) is 18.7 Å². The van der Waals surface area contributed by atoms with Crippen molar-refractivity contribution in [3.8, 4) is 5.75 Å². The minimum Gasteiger partial charge on any atom is -0.495 e. The molecule has 0 unspecified atom stereocenters. The molecular weight excluding hydrogens is 286 g/mol. The van der Waals surface area contributed by atoms with Gasteiger partial charge in [-0.1, -0.05) is 0 Å². The van der Waals surface area contributed by atoms with E-state index in [1.165, 1.54) is 0 Å². The summed E-state index contributed by atoms with van der Waals surface area (Å²) in [4.78, 5) is -1.54. The molecule has 1 aromatic rings. The molecule has 10 heteroatoms. The maximum absolute atomic E-state index is 11.4. The Morgan fingerprint density at radius 2 is 1.83 bits per heavy atom. The van der Waals surface area contributed by atoms with Crippen molar-refractivity contribution in [1.29, 1.82) is 0 Å². The predicted octanol–water partition coefficient (Wildman–Crippen LogP) is -0.480. The Labute approximate surface area is 104 Å². The Morgan fingerprint density at radius 1 is 1.28 bits per heavy atom. The molecule has 0 bridgehead atoms. The van der Waals surface area contributed by atoms with Crippen LogP contribution in [0.1, 0.15) is 5.56 Å². The fourth-order valence-corrected chi connectivity index (χ4v) is 3.16. The van der Waals surface area contributed by atoms with Crippen LogP contribution in [0.5, 0.6) is 5.75 Å². The molecule has 1 aromatic carbocycles. The van der Waals surface area contributed by atoms with E-state index in [4.69, 9.17) is 14.4 Å². The van der Waals surface area contributed by atoms with E-state index >= 15 is 0 Å². The SMILES string of the molecule is COc1ccc(S(=O)(=O)O)c(C[O])c1S(N)(=O)=O. The van der Waals surface area contributed by atoms with Crippen molar-refractivity contribution in [2.75, 3.05) is 7.11 Å². The van der Waals surface area contributed by atoms with Crippen molar-refractivity contribution in [3.05, 3.63) is 17.7 Å². The normalized spacial score (nSPS) is 12.4. The Balaban J connectivity index is 3.87. The molecule has 0 heterocycles. The van der Waals surface area contributed by atoms with E-state index < -0.39 is 42.1 Å². The molecule has 0 aliphatic heterocycles. The summed E-state index contributed by atoms with van der Waals surface area (Å²) in [6.07, 6.45) is 0. The van der Waals surface area contributed by atoms with Crippen LogP contribution in [-0.4, -0.2) is 28.5 Å². The van der Waals surface area contributed by atoms with Crippen LogP contribution in [0.2, 0.25) is 0 Å². The highest BCUT2D eigenvalue weighted by molar-refractivity contribution is 7.89. The summed E-state index contributed by atoms with van der Waals surface area (Å²) in [7, 11) is -7.97. The molecule has 0 aliphatic rings. The maximum atomic E-state index is 11.4. The van der Waals surface area contributed by atoms with Gasteiger partial charge in [0.05, 0.1) is 7.11 Å². The Kier molecular flexibility index (Phi) is 3.98. The van der Waals surface area contributed by atoms with Crippen LogP contribution in [0, 0.1) is 0 Å². The fraction of sp³-hybridized carbons (Fsp3) is 0.250. The smallest absolute Gasteiger partial charge is 0.294 e. The first kappa shape index (κ1) is 14.9. The number of rotatable bonds is 4. The first-order chi connectivity index (χ1) is 8.12. The zero-order valence-corrected chi connectivity index (χ0v) is 10.8. The van der Waals surface area contributed by atoms with E-state index in [0.29, 0.717) is 0 Å². The number of hydrogen-bond acceptors (Lipinski definition) is 5. The molecule has 0 fully saturated rings. The lowest BCUT2D eigenvalue weighted by Gasteiger charge is -2.12. The van der Waals surface area contributed by atoms with Gasteiger partial charge in [0.15, 0.2) is 0 Å². The van der Waals surface area contributed by atoms with E-state index in [9.17, 15) is 21.9 Å². The van der Waals surface area contributed by atoms with Gasteiger partial charge in [0, 0.05) is 5.56 Å². The zero-order chi connectivity index (χ0) is 14.1. The summed E-state index contributed by atoms with van der Waals surface area (Å²) in [5.74, 6) is -0.268. The van der Waals surface area contributed by atoms with Crippen molar-refractivity contribution < 1.29 is 31.2 Å². The van der Waals surface area contributed by atoms with Crippen molar-refractivity contribution in [1.82, 2.24) is 0 Å². The number of nitrogens with two attached hydrogens (primary N) is 1. The van der Waals surface area contributed by atoms with E-state index in [1.807, 2.05) is 0 Å². The molecular formula is C8H10NO7S2. The summed E-state index contributed by atoms with van der Waals surface area (Å²) in [6.45, 7) is -1.20. The van der Waals surface area contributed by atoms with Crippen LogP contribution in [-0.2, 0) is 31.9 Å². The standard InChI is InChI=1S/C8H10NO7S2/c1-16-6-2-3-7(18(13,14)15)5(4-10)8(6)17(9,11)12/h2-3H,4H2,1H3,(H2,9,11,12)(H,13,14,15). The maximum Gasteiger partial charge on any atom is 0.294 e.